The second kappa shape index (κ2) is 30.8. The van der Waals surface area contributed by atoms with Crippen LogP contribution in [0.3, 0.4) is 0 Å². The molecule has 0 aliphatic rings. The van der Waals surface area contributed by atoms with Crippen molar-refractivity contribution in [1.29, 1.82) is 5.26 Å². The average Bonchev–Trinajstić information content (AvgIpc) is 3.55. The highest BCUT2D eigenvalue weighted by molar-refractivity contribution is 5.92. The first-order valence-electron chi connectivity index (χ1n) is 25.3. The summed E-state index contributed by atoms with van der Waals surface area (Å²) in [6, 6.07) is 24.6. The number of carbonyl (C=O) groups excluding carboxylic acids is 2. The average molecular weight is 978 g/mol. The molecular formula is C58H67F4N3O6. The van der Waals surface area contributed by atoms with Gasteiger partial charge >= 0.3 is 11.9 Å². The summed E-state index contributed by atoms with van der Waals surface area (Å²) in [6.45, 7) is 4.73. The Morgan fingerprint density at radius 1 is 0.507 bits per heavy atom. The number of rotatable bonds is 31. The maximum absolute atomic E-state index is 14.9. The van der Waals surface area contributed by atoms with E-state index in [1.54, 1.807) is 48.5 Å². The van der Waals surface area contributed by atoms with Crippen molar-refractivity contribution in [2.45, 2.75) is 142 Å². The smallest absolute Gasteiger partial charge is 0.343 e. The third-order valence-corrected chi connectivity index (χ3v) is 11.9. The number of anilines is 2. The molecule has 9 nitrogen and oxygen atoms in total. The lowest BCUT2D eigenvalue weighted by Gasteiger charge is -2.11. The molecule has 5 aromatic carbocycles. The Morgan fingerprint density at radius 2 is 0.887 bits per heavy atom. The van der Waals surface area contributed by atoms with Gasteiger partial charge in [0.2, 0.25) is 0 Å². The lowest BCUT2D eigenvalue weighted by Crippen LogP contribution is -2.11. The molecule has 0 aliphatic carbocycles. The first-order valence-corrected chi connectivity index (χ1v) is 25.3. The fourth-order valence-corrected chi connectivity index (χ4v) is 7.83. The van der Waals surface area contributed by atoms with Crippen molar-refractivity contribution in [2.75, 3.05) is 18.5 Å². The zero-order valence-electron chi connectivity index (χ0n) is 41.1. The van der Waals surface area contributed by atoms with E-state index in [2.05, 4.69) is 25.2 Å². The Kier molecular flexibility index (Phi) is 24.0. The van der Waals surface area contributed by atoms with Crippen LogP contribution in [0.5, 0.6) is 23.0 Å². The van der Waals surface area contributed by atoms with Gasteiger partial charge in [-0.2, -0.15) is 5.26 Å². The van der Waals surface area contributed by atoms with Gasteiger partial charge in [0.15, 0.2) is 34.8 Å². The molecule has 0 bridgehead atoms. The van der Waals surface area contributed by atoms with Gasteiger partial charge in [-0.1, -0.05) is 129 Å². The molecule has 0 aliphatic heterocycles. The van der Waals surface area contributed by atoms with E-state index in [1.165, 1.54) is 101 Å². The quantitative estimate of drug-likeness (QED) is 0.0202. The SMILES string of the molecule is CCCCCCCCCCCCOc1c(F)cc(C(=O)Oc2ccc(N=c3ccc(C#N)ccc3Nc3ccc(OC(=O)c4cc(F)c(OCCCCCCCCCCCC)c(F)c4)cc3)cc2)cc1F. The van der Waals surface area contributed by atoms with Gasteiger partial charge in [0.05, 0.1) is 52.7 Å². The topological polar surface area (TPSA) is 119 Å². The van der Waals surface area contributed by atoms with Crippen LogP contribution in [-0.2, 0) is 0 Å². The molecular weight excluding hydrogens is 911 g/mol. The predicted molar refractivity (Wildman–Crippen MR) is 270 cm³/mol. The molecule has 0 unspecified atom stereocenters. The van der Waals surface area contributed by atoms with Crippen LogP contribution < -0.4 is 29.6 Å². The standard InChI is InChI=1S/C58H67F4N3O6/c1-3-5-7-9-11-13-15-17-19-21-35-68-55-49(59)37-43(38-50(55)60)57(66)70-47-29-25-45(26-30-47)64-53-33-23-42(41-63)24-34-54(53)65-46-27-31-48(32-28-46)71-58(67)44-39-51(61)56(52(62)40-44)69-36-22-20-18-16-14-12-10-8-6-4-2/h23-34,37-40H,3-22,35-36H2,1-2H3,(H,64,65). The molecule has 0 amide bonds. The minimum atomic E-state index is -0.995. The molecule has 0 radical (unpaired) electrons. The Morgan fingerprint density at radius 3 is 1.30 bits per heavy atom. The number of carbonyl (C=O) groups is 2. The number of halogens is 4. The first-order chi connectivity index (χ1) is 34.6. The highest BCUT2D eigenvalue weighted by Gasteiger charge is 2.20. The zero-order chi connectivity index (χ0) is 50.6. The second-order valence-electron chi connectivity index (χ2n) is 17.7. The number of nitriles is 1. The minimum Gasteiger partial charge on any atom is -0.488 e. The number of hydrogen-bond acceptors (Lipinski definition) is 9. The molecule has 5 rings (SSSR count). The van der Waals surface area contributed by atoms with E-state index in [9.17, 15) is 32.4 Å². The van der Waals surface area contributed by atoms with Crippen molar-refractivity contribution >= 4 is 29.0 Å². The molecule has 378 valence electrons. The van der Waals surface area contributed by atoms with E-state index in [1.807, 2.05) is 0 Å². The van der Waals surface area contributed by atoms with Crippen LogP contribution in [0.4, 0.5) is 34.6 Å². The van der Waals surface area contributed by atoms with Gasteiger partial charge < -0.3 is 24.3 Å². The van der Waals surface area contributed by atoms with E-state index >= 15 is 0 Å². The van der Waals surface area contributed by atoms with Crippen molar-refractivity contribution in [3.8, 4) is 29.1 Å². The summed E-state index contributed by atoms with van der Waals surface area (Å²) in [5, 5.41) is 13.2. The maximum Gasteiger partial charge on any atom is 0.343 e. The number of nitrogens with one attached hydrogen (secondary N) is 1. The summed E-state index contributed by atoms with van der Waals surface area (Å²) >= 11 is 0. The summed E-state index contributed by atoms with van der Waals surface area (Å²) in [4.78, 5) is 30.6. The van der Waals surface area contributed by atoms with Crippen LogP contribution >= 0.6 is 0 Å². The Balaban J connectivity index is 1.12. The van der Waals surface area contributed by atoms with E-state index in [-0.39, 0.29) is 35.8 Å². The van der Waals surface area contributed by atoms with Crippen LogP contribution in [0.1, 0.15) is 169 Å². The largest absolute Gasteiger partial charge is 0.488 e. The third-order valence-electron chi connectivity index (χ3n) is 11.9. The minimum absolute atomic E-state index is 0.108. The van der Waals surface area contributed by atoms with Crippen molar-refractivity contribution in [1.82, 2.24) is 0 Å². The van der Waals surface area contributed by atoms with Gasteiger partial charge in [0.25, 0.3) is 0 Å². The van der Waals surface area contributed by atoms with Crippen molar-refractivity contribution in [3.05, 3.63) is 142 Å². The van der Waals surface area contributed by atoms with Crippen molar-refractivity contribution in [2.24, 2.45) is 4.99 Å². The molecule has 0 saturated carbocycles. The van der Waals surface area contributed by atoms with Gasteiger partial charge in [-0.25, -0.2) is 32.1 Å². The molecule has 0 aromatic heterocycles. The molecule has 0 fully saturated rings. The molecule has 0 saturated heterocycles. The van der Waals surface area contributed by atoms with Crippen molar-refractivity contribution in [3.63, 3.8) is 0 Å². The Hall–Kier alpha value is -6.68. The Labute approximate surface area is 416 Å². The van der Waals surface area contributed by atoms with Gasteiger partial charge in [-0.15, -0.1) is 0 Å². The molecule has 0 spiro atoms. The Bertz CT molecular complexity index is 2520. The highest BCUT2D eigenvalue weighted by atomic mass is 19.1. The fraction of sp³-hybridized carbons (Fsp3) is 0.414. The van der Waals surface area contributed by atoms with Crippen LogP contribution in [0.25, 0.3) is 0 Å². The highest BCUT2D eigenvalue weighted by Crippen LogP contribution is 2.28. The van der Waals surface area contributed by atoms with Crippen LogP contribution in [0.2, 0.25) is 0 Å². The van der Waals surface area contributed by atoms with Crippen molar-refractivity contribution < 1.29 is 46.1 Å². The van der Waals surface area contributed by atoms with Gasteiger partial charge in [0.1, 0.15) is 11.5 Å². The summed E-state index contributed by atoms with van der Waals surface area (Å²) in [5.74, 6) is -6.72. The summed E-state index contributed by atoms with van der Waals surface area (Å²) in [7, 11) is 0. The summed E-state index contributed by atoms with van der Waals surface area (Å²) in [5.41, 5.74) is 1.23. The van der Waals surface area contributed by atoms with Crippen LogP contribution in [0, 0.1) is 34.6 Å². The predicted octanol–water partition coefficient (Wildman–Crippen LogP) is 16.1. The van der Waals surface area contributed by atoms with E-state index in [0.717, 1.165) is 62.8 Å². The number of hydrogen-bond donors (Lipinski definition) is 1. The van der Waals surface area contributed by atoms with E-state index in [0.29, 0.717) is 40.8 Å². The fourth-order valence-electron chi connectivity index (χ4n) is 7.83. The molecule has 1 N–H and O–H groups in total. The van der Waals surface area contributed by atoms with Crippen LogP contribution in [0.15, 0.2) is 102 Å². The number of unbranched alkanes of at least 4 members (excludes halogenated alkanes) is 18. The van der Waals surface area contributed by atoms with E-state index < -0.39 is 46.7 Å². The lowest BCUT2D eigenvalue weighted by molar-refractivity contribution is 0.0724. The van der Waals surface area contributed by atoms with Gasteiger partial charge in [-0.3, -0.25) is 0 Å². The first kappa shape index (κ1) is 55.2. The number of benzene rings is 4. The molecule has 5 aromatic rings. The summed E-state index contributed by atoms with van der Waals surface area (Å²) in [6.07, 6.45) is 22.4. The monoisotopic (exact) mass is 977 g/mol. The lowest BCUT2D eigenvalue weighted by atomic mass is 10.1. The summed E-state index contributed by atoms with van der Waals surface area (Å²) < 4.78 is 81.3. The second-order valence-corrected chi connectivity index (χ2v) is 17.7. The zero-order valence-corrected chi connectivity index (χ0v) is 41.1. The maximum atomic E-state index is 14.9. The van der Waals surface area contributed by atoms with Gasteiger partial charge in [0, 0.05) is 5.69 Å². The molecule has 0 atom stereocenters. The normalized spacial score (nSPS) is 11.3. The molecule has 71 heavy (non-hydrogen) atoms. The number of nitrogens with zero attached hydrogens (tertiary/aromatic N) is 2. The van der Waals surface area contributed by atoms with E-state index in [4.69, 9.17) is 23.9 Å². The number of ether oxygens (including phenoxy) is 4. The van der Waals surface area contributed by atoms with Gasteiger partial charge in [-0.05, 0) is 110 Å². The third kappa shape index (κ3) is 19.2. The van der Waals surface area contributed by atoms with Crippen LogP contribution in [-0.4, -0.2) is 25.2 Å². The molecule has 13 heteroatoms. The number of esters is 2. The molecule has 0 heterocycles.